The largest absolute Gasteiger partial charge is 0.481 e. The number of aliphatic carboxylic acids is 1. The number of aliphatic hydroxyl groups excluding tert-OH is 3. The van der Waals surface area contributed by atoms with Gasteiger partial charge in [-0.3, -0.25) is 4.79 Å². The summed E-state index contributed by atoms with van der Waals surface area (Å²) in [5.74, 6) is -0.807. The van der Waals surface area contributed by atoms with Crippen LogP contribution < -0.4 is 0 Å². The van der Waals surface area contributed by atoms with E-state index in [0.717, 1.165) is 6.42 Å². The maximum Gasteiger partial charge on any atom is 0.303 e. The SMILES string of the molecule is CC/C=C\C[C@H](O)/C=C/[C@H]1O[C@@H]([C@H](O)C/C=C\C/C=C\CCC(=O)O)C[C@H]1O. The number of hydrogen-bond donors (Lipinski definition) is 4. The number of hydrogen-bond acceptors (Lipinski definition) is 5. The maximum atomic E-state index is 10.4. The van der Waals surface area contributed by atoms with Crippen LogP contribution in [0.5, 0.6) is 0 Å². The molecule has 0 saturated carbocycles. The number of rotatable bonds is 13. The van der Waals surface area contributed by atoms with Gasteiger partial charge in [0.05, 0.1) is 24.4 Å². The van der Waals surface area contributed by atoms with Crippen molar-refractivity contribution in [2.45, 2.75) is 82.4 Å². The average molecular weight is 395 g/mol. The Morgan fingerprint density at radius 1 is 1.11 bits per heavy atom. The van der Waals surface area contributed by atoms with Gasteiger partial charge in [-0.15, -0.1) is 0 Å². The number of aliphatic hydroxyl groups is 3. The third-order valence-electron chi connectivity index (χ3n) is 4.42. The Morgan fingerprint density at radius 2 is 1.82 bits per heavy atom. The summed E-state index contributed by atoms with van der Waals surface area (Å²) in [6, 6.07) is 0. The topological polar surface area (TPSA) is 107 Å². The average Bonchev–Trinajstić information content (AvgIpc) is 3.03. The van der Waals surface area contributed by atoms with Crippen molar-refractivity contribution in [1.82, 2.24) is 0 Å². The van der Waals surface area contributed by atoms with Crippen LogP contribution in [0.2, 0.25) is 0 Å². The highest BCUT2D eigenvalue weighted by atomic mass is 16.5. The summed E-state index contributed by atoms with van der Waals surface area (Å²) in [6.45, 7) is 2.03. The highest BCUT2D eigenvalue weighted by Gasteiger charge is 2.35. The Hall–Kier alpha value is -1.73. The van der Waals surface area contributed by atoms with Gasteiger partial charge < -0.3 is 25.2 Å². The van der Waals surface area contributed by atoms with E-state index in [1.807, 2.05) is 43.4 Å². The van der Waals surface area contributed by atoms with Crippen LogP contribution in [-0.4, -0.2) is 56.9 Å². The lowest BCUT2D eigenvalue weighted by molar-refractivity contribution is -0.136. The molecule has 1 heterocycles. The van der Waals surface area contributed by atoms with Crippen molar-refractivity contribution in [2.24, 2.45) is 0 Å². The van der Waals surface area contributed by atoms with Crippen LogP contribution in [0.3, 0.4) is 0 Å². The molecule has 1 fully saturated rings. The molecule has 0 bridgehead atoms. The van der Waals surface area contributed by atoms with Gasteiger partial charge in [-0.25, -0.2) is 0 Å². The molecule has 1 aliphatic rings. The van der Waals surface area contributed by atoms with Gasteiger partial charge in [0, 0.05) is 12.8 Å². The lowest BCUT2D eigenvalue weighted by Gasteiger charge is -2.16. The number of carboxylic acids is 1. The Kier molecular flexibility index (Phi) is 12.4. The smallest absolute Gasteiger partial charge is 0.303 e. The molecule has 5 atom stereocenters. The molecular weight excluding hydrogens is 360 g/mol. The first-order valence-electron chi connectivity index (χ1n) is 9.98. The molecule has 1 rings (SSSR count). The van der Waals surface area contributed by atoms with Crippen LogP contribution in [0, 0.1) is 0 Å². The molecule has 0 aromatic carbocycles. The second-order valence-corrected chi connectivity index (χ2v) is 6.92. The van der Waals surface area contributed by atoms with Gasteiger partial charge in [0.1, 0.15) is 6.10 Å². The van der Waals surface area contributed by atoms with E-state index < -0.39 is 36.5 Å². The summed E-state index contributed by atoms with van der Waals surface area (Å²) in [5.41, 5.74) is 0. The predicted octanol–water partition coefficient (Wildman–Crippen LogP) is 2.90. The van der Waals surface area contributed by atoms with Gasteiger partial charge in [-0.2, -0.15) is 0 Å². The van der Waals surface area contributed by atoms with Crippen molar-refractivity contribution in [2.75, 3.05) is 0 Å². The zero-order valence-electron chi connectivity index (χ0n) is 16.6. The molecule has 0 spiro atoms. The van der Waals surface area contributed by atoms with E-state index in [1.54, 1.807) is 12.2 Å². The van der Waals surface area contributed by atoms with Crippen LogP contribution >= 0.6 is 0 Å². The van der Waals surface area contributed by atoms with Crippen molar-refractivity contribution >= 4 is 5.97 Å². The molecule has 1 aliphatic heterocycles. The summed E-state index contributed by atoms with van der Waals surface area (Å²) in [5, 5.41) is 38.8. The normalized spacial score (nSPS) is 25.5. The molecule has 4 N–H and O–H groups in total. The number of ether oxygens (including phenoxy) is 1. The van der Waals surface area contributed by atoms with Crippen molar-refractivity contribution in [3.63, 3.8) is 0 Å². The van der Waals surface area contributed by atoms with E-state index in [2.05, 4.69) is 0 Å². The molecule has 0 aromatic rings. The third kappa shape index (κ3) is 10.6. The minimum absolute atomic E-state index is 0.127. The first kappa shape index (κ1) is 24.3. The fraction of sp³-hybridized carbons (Fsp3) is 0.591. The summed E-state index contributed by atoms with van der Waals surface area (Å²) in [4.78, 5) is 10.4. The minimum Gasteiger partial charge on any atom is -0.481 e. The van der Waals surface area contributed by atoms with E-state index in [-0.39, 0.29) is 6.42 Å². The molecule has 28 heavy (non-hydrogen) atoms. The van der Waals surface area contributed by atoms with Crippen LogP contribution in [0.15, 0.2) is 48.6 Å². The van der Waals surface area contributed by atoms with E-state index in [4.69, 9.17) is 9.84 Å². The van der Waals surface area contributed by atoms with Gasteiger partial charge in [0.15, 0.2) is 0 Å². The molecule has 6 heteroatoms. The standard InChI is InChI=1S/C22H34O6/c1-2-3-8-11-17(23)14-15-20-19(25)16-21(28-20)18(24)12-9-6-4-5-7-10-13-22(26)27/h3,5-9,14-15,17-21,23-25H,2,4,10-13,16H2,1H3,(H,26,27)/b7-5-,8-3-,9-6-,15-14+/t17-,18+,19+,20+,21+/m0/s1. The Labute approximate surface area is 167 Å². The molecule has 0 aliphatic carbocycles. The zero-order valence-corrected chi connectivity index (χ0v) is 16.6. The molecule has 6 nitrogen and oxygen atoms in total. The number of allylic oxidation sites excluding steroid dienone is 4. The molecule has 0 unspecified atom stereocenters. The molecule has 0 amide bonds. The van der Waals surface area contributed by atoms with E-state index in [9.17, 15) is 20.1 Å². The minimum atomic E-state index is -0.807. The van der Waals surface area contributed by atoms with Crippen molar-refractivity contribution in [3.05, 3.63) is 48.6 Å². The summed E-state index contributed by atoms with van der Waals surface area (Å²) in [6.07, 6.45) is 15.2. The van der Waals surface area contributed by atoms with Gasteiger partial charge in [0.2, 0.25) is 0 Å². The fourth-order valence-electron chi connectivity index (χ4n) is 2.84. The maximum absolute atomic E-state index is 10.4. The lowest BCUT2D eigenvalue weighted by Crippen LogP contribution is -2.25. The molecular formula is C22H34O6. The van der Waals surface area contributed by atoms with Gasteiger partial charge in [-0.05, 0) is 32.1 Å². The highest BCUT2D eigenvalue weighted by molar-refractivity contribution is 5.66. The monoisotopic (exact) mass is 394 g/mol. The van der Waals surface area contributed by atoms with Gasteiger partial charge in [-0.1, -0.05) is 55.5 Å². The summed E-state index contributed by atoms with van der Waals surface area (Å²) >= 11 is 0. The molecule has 0 radical (unpaired) electrons. The van der Waals surface area contributed by atoms with E-state index >= 15 is 0 Å². The Morgan fingerprint density at radius 3 is 2.54 bits per heavy atom. The summed E-state index contributed by atoms with van der Waals surface area (Å²) in [7, 11) is 0. The van der Waals surface area contributed by atoms with E-state index in [1.165, 1.54) is 0 Å². The second kappa shape index (κ2) is 14.3. The fourth-order valence-corrected chi connectivity index (χ4v) is 2.84. The second-order valence-electron chi connectivity index (χ2n) is 6.92. The van der Waals surface area contributed by atoms with Gasteiger partial charge in [0.25, 0.3) is 0 Å². The molecule has 1 saturated heterocycles. The number of carboxylic acid groups (broad SMARTS) is 1. The lowest BCUT2D eigenvalue weighted by atomic mass is 10.0. The zero-order chi connectivity index (χ0) is 20.8. The van der Waals surface area contributed by atoms with Crippen LogP contribution in [0.25, 0.3) is 0 Å². The van der Waals surface area contributed by atoms with Gasteiger partial charge >= 0.3 is 5.97 Å². The Bertz CT molecular complexity index is 551. The predicted molar refractivity (Wildman–Crippen MR) is 109 cm³/mol. The molecule has 158 valence electrons. The molecule has 0 aromatic heterocycles. The van der Waals surface area contributed by atoms with E-state index in [0.29, 0.717) is 32.1 Å². The quantitative estimate of drug-likeness (QED) is 0.358. The van der Waals surface area contributed by atoms with Crippen molar-refractivity contribution < 1.29 is 30.0 Å². The van der Waals surface area contributed by atoms with Crippen molar-refractivity contribution in [1.29, 1.82) is 0 Å². The highest BCUT2D eigenvalue weighted by Crippen LogP contribution is 2.25. The summed E-state index contributed by atoms with van der Waals surface area (Å²) < 4.78 is 5.72. The number of carbonyl (C=O) groups is 1. The first-order chi connectivity index (χ1) is 13.4. The van der Waals surface area contributed by atoms with Crippen LogP contribution in [0.4, 0.5) is 0 Å². The Balaban J connectivity index is 2.31. The third-order valence-corrected chi connectivity index (χ3v) is 4.42. The van der Waals surface area contributed by atoms with Crippen molar-refractivity contribution in [3.8, 4) is 0 Å². The van der Waals surface area contributed by atoms with Crippen LogP contribution in [0.1, 0.15) is 51.9 Å². The van der Waals surface area contributed by atoms with Crippen LogP contribution in [-0.2, 0) is 9.53 Å². The first-order valence-corrected chi connectivity index (χ1v) is 9.98.